The molecule has 3 N–H and O–H groups in total. The van der Waals surface area contributed by atoms with Crippen LogP contribution in [-0.4, -0.2) is 43.6 Å². The topological polar surface area (TPSA) is 67.6 Å². The van der Waals surface area contributed by atoms with Crippen LogP contribution in [0, 0.1) is 0 Å². The van der Waals surface area contributed by atoms with Crippen molar-refractivity contribution >= 4 is 11.6 Å². The van der Waals surface area contributed by atoms with Gasteiger partial charge in [0.05, 0.1) is 6.61 Å². The van der Waals surface area contributed by atoms with Crippen LogP contribution in [0.5, 0.6) is 5.75 Å². The van der Waals surface area contributed by atoms with Crippen molar-refractivity contribution in [3.05, 3.63) is 23.8 Å². The number of ether oxygens (including phenoxy) is 1. The zero-order valence-corrected chi connectivity index (χ0v) is 13.5. The molecule has 0 aromatic heterocycles. The minimum Gasteiger partial charge on any atom is -0.493 e. The zero-order chi connectivity index (χ0) is 15.8. The van der Waals surface area contributed by atoms with E-state index in [2.05, 4.69) is 31.1 Å². The van der Waals surface area contributed by atoms with Crippen LogP contribution in [0.2, 0.25) is 0 Å². The van der Waals surface area contributed by atoms with Crippen LogP contribution in [-0.2, 0) is 0 Å². The maximum atomic E-state index is 12.3. The van der Waals surface area contributed by atoms with Crippen LogP contribution >= 0.6 is 0 Å². The normalized spacial score (nSPS) is 11.0. The molecule has 0 fully saturated rings. The van der Waals surface area contributed by atoms with Crippen molar-refractivity contribution in [1.82, 2.24) is 10.2 Å². The van der Waals surface area contributed by atoms with Crippen molar-refractivity contribution in [2.75, 3.05) is 32.5 Å². The van der Waals surface area contributed by atoms with Gasteiger partial charge in [0.25, 0.3) is 5.91 Å². The highest BCUT2D eigenvalue weighted by Crippen LogP contribution is 2.24. The first-order valence-corrected chi connectivity index (χ1v) is 7.47. The van der Waals surface area contributed by atoms with Gasteiger partial charge in [-0.2, -0.15) is 0 Å². The number of hydrogen-bond acceptors (Lipinski definition) is 4. The Balaban J connectivity index is 2.56. The van der Waals surface area contributed by atoms with Gasteiger partial charge in [-0.1, -0.05) is 6.07 Å². The molecular formula is C16H27N3O2. The molecule has 0 bridgehead atoms. The molecular weight excluding hydrogens is 266 g/mol. The molecule has 0 radical (unpaired) electrons. The summed E-state index contributed by atoms with van der Waals surface area (Å²) < 4.78 is 5.47. The first-order valence-electron chi connectivity index (χ1n) is 7.47. The molecule has 1 aromatic carbocycles. The van der Waals surface area contributed by atoms with E-state index in [1.807, 2.05) is 6.92 Å². The lowest BCUT2D eigenvalue weighted by atomic mass is 10.1. The van der Waals surface area contributed by atoms with Crippen molar-refractivity contribution in [1.29, 1.82) is 0 Å². The standard InChI is InChI=1S/C16H27N3O2/c1-5-21-14-9-6-8-13(17)15(14)16(20)18-10-7-11-19(4)12(2)3/h6,8-9,12H,5,7,10-11,17H2,1-4H3,(H,18,20). The van der Waals surface area contributed by atoms with Crippen LogP contribution in [0.3, 0.4) is 0 Å². The van der Waals surface area contributed by atoms with Crippen LogP contribution in [0.1, 0.15) is 37.6 Å². The van der Waals surface area contributed by atoms with Gasteiger partial charge in [0.1, 0.15) is 11.3 Å². The van der Waals surface area contributed by atoms with E-state index in [1.165, 1.54) is 0 Å². The SMILES string of the molecule is CCOc1cccc(N)c1C(=O)NCCCN(C)C(C)C. The summed E-state index contributed by atoms with van der Waals surface area (Å²) >= 11 is 0. The smallest absolute Gasteiger partial charge is 0.257 e. The monoisotopic (exact) mass is 293 g/mol. The summed E-state index contributed by atoms with van der Waals surface area (Å²) in [6, 6.07) is 5.77. The molecule has 1 aromatic rings. The lowest BCUT2D eigenvalue weighted by Crippen LogP contribution is -2.31. The number of carbonyl (C=O) groups excluding carboxylic acids is 1. The molecule has 0 heterocycles. The Bertz CT molecular complexity index is 461. The van der Waals surface area contributed by atoms with Crippen molar-refractivity contribution in [3.63, 3.8) is 0 Å². The third-order valence-corrected chi connectivity index (χ3v) is 3.44. The molecule has 0 unspecified atom stereocenters. The molecule has 21 heavy (non-hydrogen) atoms. The predicted octanol–water partition coefficient (Wildman–Crippen LogP) is 2.13. The molecule has 0 saturated carbocycles. The number of nitrogens with two attached hydrogens (primary N) is 1. The number of rotatable bonds is 8. The van der Waals surface area contributed by atoms with Crippen molar-refractivity contribution < 1.29 is 9.53 Å². The van der Waals surface area contributed by atoms with E-state index in [1.54, 1.807) is 18.2 Å². The van der Waals surface area contributed by atoms with Gasteiger partial charge in [-0.05, 0) is 52.9 Å². The van der Waals surface area contributed by atoms with E-state index in [0.29, 0.717) is 36.2 Å². The lowest BCUT2D eigenvalue weighted by molar-refractivity contribution is 0.0949. The predicted molar refractivity (Wildman–Crippen MR) is 86.7 cm³/mol. The molecule has 5 nitrogen and oxygen atoms in total. The van der Waals surface area contributed by atoms with Crippen LogP contribution in [0.4, 0.5) is 5.69 Å². The molecule has 5 heteroatoms. The average molecular weight is 293 g/mol. The Morgan fingerprint density at radius 1 is 1.43 bits per heavy atom. The average Bonchev–Trinajstić information content (AvgIpc) is 2.43. The number of benzene rings is 1. The van der Waals surface area contributed by atoms with Gasteiger partial charge in [-0.3, -0.25) is 4.79 Å². The summed E-state index contributed by atoms with van der Waals surface area (Å²) in [5.74, 6) is 0.359. The van der Waals surface area contributed by atoms with Crippen LogP contribution in [0.25, 0.3) is 0 Å². The van der Waals surface area contributed by atoms with Gasteiger partial charge < -0.3 is 20.7 Å². The van der Waals surface area contributed by atoms with Gasteiger partial charge in [-0.15, -0.1) is 0 Å². The van der Waals surface area contributed by atoms with E-state index in [0.717, 1.165) is 13.0 Å². The summed E-state index contributed by atoms with van der Waals surface area (Å²) in [7, 11) is 2.08. The van der Waals surface area contributed by atoms with Crippen molar-refractivity contribution in [2.24, 2.45) is 0 Å². The van der Waals surface area contributed by atoms with E-state index in [4.69, 9.17) is 10.5 Å². The third kappa shape index (κ3) is 5.27. The summed E-state index contributed by atoms with van der Waals surface area (Å²) in [5.41, 5.74) is 6.77. The van der Waals surface area contributed by atoms with E-state index >= 15 is 0 Å². The Hall–Kier alpha value is -1.75. The quantitative estimate of drug-likeness (QED) is 0.569. The Labute approximate surface area is 127 Å². The van der Waals surface area contributed by atoms with Crippen molar-refractivity contribution in [2.45, 2.75) is 33.2 Å². The van der Waals surface area contributed by atoms with Crippen LogP contribution in [0.15, 0.2) is 18.2 Å². The maximum Gasteiger partial charge on any atom is 0.257 e. The molecule has 0 aliphatic carbocycles. The fourth-order valence-electron chi connectivity index (χ4n) is 1.94. The number of carbonyl (C=O) groups is 1. The van der Waals surface area contributed by atoms with E-state index < -0.39 is 0 Å². The number of amides is 1. The van der Waals surface area contributed by atoms with Gasteiger partial charge >= 0.3 is 0 Å². The second kappa shape index (κ2) is 8.52. The van der Waals surface area contributed by atoms with Gasteiger partial charge in [0.15, 0.2) is 0 Å². The molecule has 1 amide bonds. The number of nitrogen functional groups attached to an aromatic ring is 1. The fourth-order valence-corrected chi connectivity index (χ4v) is 1.94. The molecule has 0 aliphatic rings. The lowest BCUT2D eigenvalue weighted by Gasteiger charge is -2.20. The minimum absolute atomic E-state index is 0.177. The first-order chi connectivity index (χ1) is 9.97. The van der Waals surface area contributed by atoms with Gasteiger partial charge in [0, 0.05) is 18.3 Å². The highest BCUT2D eigenvalue weighted by Gasteiger charge is 2.15. The number of nitrogens with zero attached hydrogens (tertiary/aromatic N) is 1. The molecule has 0 aliphatic heterocycles. The maximum absolute atomic E-state index is 12.3. The fraction of sp³-hybridized carbons (Fsp3) is 0.562. The molecule has 118 valence electrons. The third-order valence-electron chi connectivity index (χ3n) is 3.44. The summed E-state index contributed by atoms with van der Waals surface area (Å²) in [5, 5.41) is 2.91. The van der Waals surface area contributed by atoms with Gasteiger partial charge in [-0.25, -0.2) is 0 Å². The minimum atomic E-state index is -0.177. The van der Waals surface area contributed by atoms with Crippen molar-refractivity contribution in [3.8, 4) is 5.75 Å². The summed E-state index contributed by atoms with van der Waals surface area (Å²) in [4.78, 5) is 14.5. The second-order valence-electron chi connectivity index (χ2n) is 5.34. The number of nitrogens with one attached hydrogen (secondary N) is 1. The Morgan fingerprint density at radius 2 is 2.14 bits per heavy atom. The van der Waals surface area contributed by atoms with E-state index in [9.17, 15) is 4.79 Å². The number of anilines is 1. The zero-order valence-electron chi connectivity index (χ0n) is 13.5. The first kappa shape index (κ1) is 17.3. The Morgan fingerprint density at radius 3 is 2.76 bits per heavy atom. The van der Waals surface area contributed by atoms with E-state index in [-0.39, 0.29) is 5.91 Å². The molecule has 0 atom stereocenters. The molecule has 1 rings (SSSR count). The highest BCUT2D eigenvalue weighted by atomic mass is 16.5. The summed E-state index contributed by atoms with van der Waals surface area (Å²) in [6.07, 6.45) is 0.900. The molecule has 0 spiro atoms. The molecule has 0 saturated heterocycles. The van der Waals surface area contributed by atoms with Crippen LogP contribution < -0.4 is 15.8 Å². The second-order valence-corrected chi connectivity index (χ2v) is 5.34. The largest absolute Gasteiger partial charge is 0.493 e. The van der Waals surface area contributed by atoms with Gasteiger partial charge in [0.2, 0.25) is 0 Å². The highest BCUT2D eigenvalue weighted by molar-refractivity contribution is 6.01. The number of hydrogen-bond donors (Lipinski definition) is 2. The Kier molecular flexibility index (Phi) is 7.02. The summed E-state index contributed by atoms with van der Waals surface area (Å²) in [6.45, 7) is 8.25.